The number of halogens is 1. The van der Waals surface area contributed by atoms with Gasteiger partial charge in [0.05, 0.1) is 23.3 Å². The topological polar surface area (TPSA) is 84.5 Å². The van der Waals surface area contributed by atoms with Crippen molar-refractivity contribution < 1.29 is 19.1 Å². The maximum atomic E-state index is 12.6. The molecular formula is C22H23ClN2O4. The minimum atomic E-state index is -0.521. The van der Waals surface area contributed by atoms with E-state index in [1.165, 1.54) is 19.6 Å². The number of hydrogen-bond donors (Lipinski definition) is 2. The minimum absolute atomic E-state index is 0.159. The van der Waals surface area contributed by atoms with Crippen molar-refractivity contribution in [2.75, 3.05) is 12.4 Å². The summed E-state index contributed by atoms with van der Waals surface area (Å²) in [4.78, 5) is 36.9. The van der Waals surface area contributed by atoms with E-state index in [4.69, 9.17) is 11.6 Å². The van der Waals surface area contributed by atoms with Gasteiger partial charge in [0.15, 0.2) is 0 Å². The fourth-order valence-corrected chi connectivity index (χ4v) is 3.60. The smallest absolute Gasteiger partial charge is 0.337 e. The van der Waals surface area contributed by atoms with Crippen LogP contribution in [0.5, 0.6) is 0 Å². The third-order valence-corrected chi connectivity index (χ3v) is 5.28. The molecule has 0 spiro atoms. The summed E-state index contributed by atoms with van der Waals surface area (Å²) < 4.78 is 4.68. The Morgan fingerprint density at radius 1 is 0.966 bits per heavy atom. The van der Waals surface area contributed by atoms with Crippen molar-refractivity contribution in [1.82, 2.24) is 5.32 Å². The van der Waals surface area contributed by atoms with Crippen LogP contribution < -0.4 is 10.6 Å². The Morgan fingerprint density at radius 2 is 1.69 bits per heavy atom. The lowest BCUT2D eigenvalue weighted by atomic mass is 9.95. The molecule has 0 heterocycles. The van der Waals surface area contributed by atoms with Crippen LogP contribution in [0.2, 0.25) is 5.02 Å². The molecule has 0 unspecified atom stereocenters. The van der Waals surface area contributed by atoms with Gasteiger partial charge in [-0.15, -0.1) is 0 Å². The number of hydrogen-bond acceptors (Lipinski definition) is 4. The van der Waals surface area contributed by atoms with Gasteiger partial charge in [-0.1, -0.05) is 36.9 Å². The first-order valence-electron chi connectivity index (χ1n) is 9.58. The van der Waals surface area contributed by atoms with Crippen molar-refractivity contribution in [2.45, 2.75) is 38.1 Å². The Morgan fingerprint density at radius 3 is 2.41 bits per heavy atom. The van der Waals surface area contributed by atoms with Crippen LogP contribution in [0.15, 0.2) is 42.5 Å². The third-order valence-electron chi connectivity index (χ3n) is 4.96. The van der Waals surface area contributed by atoms with Gasteiger partial charge in [-0.2, -0.15) is 0 Å². The highest BCUT2D eigenvalue weighted by atomic mass is 35.5. The van der Waals surface area contributed by atoms with Crippen LogP contribution in [-0.2, 0) is 4.74 Å². The van der Waals surface area contributed by atoms with E-state index in [1.807, 2.05) is 0 Å². The van der Waals surface area contributed by atoms with Gasteiger partial charge in [0.25, 0.3) is 11.8 Å². The van der Waals surface area contributed by atoms with Gasteiger partial charge >= 0.3 is 5.97 Å². The molecule has 3 rings (SSSR count). The van der Waals surface area contributed by atoms with Crippen LogP contribution in [0, 0.1) is 0 Å². The molecule has 1 saturated carbocycles. The zero-order valence-corrected chi connectivity index (χ0v) is 16.9. The summed E-state index contributed by atoms with van der Waals surface area (Å²) in [7, 11) is 1.28. The highest BCUT2D eigenvalue weighted by Crippen LogP contribution is 2.23. The molecule has 0 aliphatic heterocycles. The SMILES string of the molecule is COC(=O)c1cccc(C(=O)Nc2ccc(Cl)c(C(=O)NC3CCCCC3)c2)c1. The second-order valence-electron chi connectivity index (χ2n) is 7.03. The molecule has 2 aromatic carbocycles. The van der Waals surface area contributed by atoms with Crippen molar-refractivity contribution in [1.29, 1.82) is 0 Å². The number of methoxy groups -OCH3 is 1. The molecule has 1 fully saturated rings. The second kappa shape index (κ2) is 9.56. The minimum Gasteiger partial charge on any atom is -0.465 e. The average molecular weight is 415 g/mol. The van der Waals surface area contributed by atoms with Crippen LogP contribution in [0.25, 0.3) is 0 Å². The van der Waals surface area contributed by atoms with Crippen LogP contribution in [0.1, 0.15) is 63.2 Å². The van der Waals surface area contributed by atoms with E-state index in [0.29, 0.717) is 21.8 Å². The molecular weight excluding hydrogens is 392 g/mol. The number of rotatable bonds is 5. The molecule has 0 atom stereocenters. The van der Waals surface area contributed by atoms with Crippen molar-refractivity contribution in [3.8, 4) is 0 Å². The van der Waals surface area contributed by atoms with Gasteiger partial charge in [-0.3, -0.25) is 9.59 Å². The van der Waals surface area contributed by atoms with E-state index in [1.54, 1.807) is 36.4 Å². The van der Waals surface area contributed by atoms with Gasteiger partial charge in [0.2, 0.25) is 0 Å². The number of ether oxygens (including phenoxy) is 1. The Kier molecular flexibility index (Phi) is 6.88. The lowest BCUT2D eigenvalue weighted by molar-refractivity contribution is 0.0600. The number of benzene rings is 2. The molecule has 7 heteroatoms. The molecule has 2 N–H and O–H groups in total. The molecule has 1 aliphatic carbocycles. The Hall–Kier alpha value is -2.86. The van der Waals surface area contributed by atoms with Crippen LogP contribution >= 0.6 is 11.6 Å². The Bertz CT molecular complexity index is 923. The molecule has 29 heavy (non-hydrogen) atoms. The van der Waals surface area contributed by atoms with E-state index in [-0.39, 0.29) is 17.5 Å². The number of anilines is 1. The highest BCUT2D eigenvalue weighted by molar-refractivity contribution is 6.34. The van der Waals surface area contributed by atoms with Crippen LogP contribution in [0.4, 0.5) is 5.69 Å². The average Bonchev–Trinajstić information content (AvgIpc) is 2.75. The fourth-order valence-electron chi connectivity index (χ4n) is 3.40. The number of carbonyl (C=O) groups excluding carboxylic acids is 3. The van der Waals surface area contributed by atoms with Gasteiger partial charge in [0.1, 0.15) is 0 Å². The van der Waals surface area contributed by atoms with Crippen molar-refractivity contribution in [2.24, 2.45) is 0 Å². The summed E-state index contributed by atoms with van der Waals surface area (Å²) in [5.41, 5.74) is 1.34. The Labute approximate surface area is 174 Å². The summed E-state index contributed by atoms with van der Waals surface area (Å²) in [6.45, 7) is 0. The normalized spacial score (nSPS) is 14.1. The first-order chi connectivity index (χ1) is 14.0. The predicted molar refractivity (Wildman–Crippen MR) is 112 cm³/mol. The molecule has 0 radical (unpaired) electrons. The van der Waals surface area contributed by atoms with Crippen molar-refractivity contribution in [3.05, 3.63) is 64.2 Å². The van der Waals surface area contributed by atoms with Gasteiger partial charge in [0, 0.05) is 17.3 Å². The Balaban J connectivity index is 1.73. The van der Waals surface area contributed by atoms with Crippen molar-refractivity contribution in [3.63, 3.8) is 0 Å². The number of esters is 1. The summed E-state index contributed by atoms with van der Waals surface area (Å²) in [5, 5.41) is 6.09. The monoisotopic (exact) mass is 414 g/mol. The quantitative estimate of drug-likeness (QED) is 0.708. The highest BCUT2D eigenvalue weighted by Gasteiger charge is 2.19. The van der Waals surface area contributed by atoms with E-state index in [2.05, 4.69) is 15.4 Å². The molecule has 0 bridgehead atoms. The molecule has 6 nitrogen and oxygen atoms in total. The van der Waals surface area contributed by atoms with E-state index in [0.717, 1.165) is 25.7 Å². The number of carbonyl (C=O) groups is 3. The molecule has 2 amide bonds. The lowest BCUT2D eigenvalue weighted by Gasteiger charge is -2.23. The van der Waals surface area contributed by atoms with Crippen LogP contribution in [-0.4, -0.2) is 30.9 Å². The summed E-state index contributed by atoms with van der Waals surface area (Å²) in [6, 6.07) is 11.1. The second-order valence-corrected chi connectivity index (χ2v) is 7.44. The third kappa shape index (κ3) is 5.35. The zero-order chi connectivity index (χ0) is 20.8. The van der Waals surface area contributed by atoms with Gasteiger partial charge < -0.3 is 15.4 Å². The van der Waals surface area contributed by atoms with Gasteiger partial charge in [-0.05, 0) is 49.2 Å². The zero-order valence-electron chi connectivity index (χ0n) is 16.2. The number of amides is 2. The first-order valence-corrected chi connectivity index (χ1v) is 9.96. The van der Waals surface area contributed by atoms with E-state index >= 15 is 0 Å². The summed E-state index contributed by atoms with van der Waals surface area (Å²) in [5.74, 6) is -1.17. The summed E-state index contributed by atoms with van der Waals surface area (Å²) in [6.07, 6.45) is 5.36. The summed E-state index contributed by atoms with van der Waals surface area (Å²) >= 11 is 6.21. The van der Waals surface area contributed by atoms with Gasteiger partial charge in [-0.25, -0.2) is 4.79 Å². The number of nitrogens with one attached hydrogen (secondary N) is 2. The standard InChI is InChI=1S/C22H23ClN2O4/c1-29-22(28)15-7-5-6-14(12-15)20(26)25-17-10-11-19(23)18(13-17)21(27)24-16-8-3-2-4-9-16/h5-7,10-13,16H,2-4,8-9H2,1H3,(H,24,27)(H,25,26). The predicted octanol–water partition coefficient (Wildman–Crippen LogP) is 4.44. The molecule has 1 aliphatic rings. The van der Waals surface area contributed by atoms with E-state index < -0.39 is 11.9 Å². The fraction of sp³-hybridized carbons (Fsp3) is 0.318. The maximum Gasteiger partial charge on any atom is 0.337 e. The lowest BCUT2D eigenvalue weighted by Crippen LogP contribution is -2.36. The van der Waals surface area contributed by atoms with Crippen molar-refractivity contribution >= 4 is 35.1 Å². The van der Waals surface area contributed by atoms with E-state index in [9.17, 15) is 14.4 Å². The first kappa shape index (κ1) is 20.9. The molecule has 2 aromatic rings. The molecule has 0 aromatic heterocycles. The molecule has 0 saturated heterocycles. The van der Waals surface area contributed by atoms with Crippen LogP contribution in [0.3, 0.4) is 0 Å². The largest absolute Gasteiger partial charge is 0.465 e. The maximum absolute atomic E-state index is 12.6. The molecule has 152 valence electrons.